The number of rotatable bonds is 10. The summed E-state index contributed by atoms with van der Waals surface area (Å²) in [7, 11) is 0. The van der Waals surface area contributed by atoms with Crippen LogP contribution in [0.2, 0.25) is 0 Å². The first kappa shape index (κ1) is 63.0. The van der Waals surface area contributed by atoms with Crippen molar-refractivity contribution < 1.29 is 13.0 Å². The molecule has 115 heavy (non-hydrogen) atoms. The van der Waals surface area contributed by atoms with Crippen LogP contribution in [0, 0.1) is 0 Å². The van der Waals surface area contributed by atoms with Gasteiger partial charge in [-0.1, -0.05) is 293 Å². The molecule has 2 aromatic heterocycles. The Bertz CT molecular complexity index is 7150. The van der Waals surface area contributed by atoms with Crippen LogP contribution in [0.25, 0.3) is 111 Å². The molecule has 0 fully saturated rings. The number of nitrogens with zero attached hydrogens (tertiary/aromatic N) is 5. The third-order valence-corrected chi connectivity index (χ3v) is 23.7. The Kier molecular flexibility index (Phi) is 14.5. The fourth-order valence-corrected chi connectivity index (χ4v) is 18.0. The lowest BCUT2D eigenvalue weighted by atomic mass is 9.33. The third-order valence-electron chi connectivity index (χ3n) is 23.7. The van der Waals surface area contributed by atoms with E-state index in [1.54, 1.807) is 0 Å². The van der Waals surface area contributed by atoms with Gasteiger partial charge in [0.2, 0.25) is 0 Å². The van der Waals surface area contributed by atoms with E-state index in [4.69, 9.17) is 4.74 Å². The van der Waals surface area contributed by atoms with E-state index in [9.17, 15) is 8.22 Å². The first-order chi connectivity index (χ1) is 58.5. The van der Waals surface area contributed by atoms with Crippen LogP contribution in [0.15, 0.2) is 358 Å². The lowest BCUT2D eigenvalue weighted by Crippen LogP contribution is -2.61. The molecular formula is C108H86BN5O. The van der Waals surface area contributed by atoms with Gasteiger partial charge in [-0.3, -0.25) is 0 Å². The Balaban J connectivity index is 0.952. The quantitative estimate of drug-likeness (QED) is 0.128. The van der Waals surface area contributed by atoms with Crippen LogP contribution in [0.3, 0.4) is 0 Å². The minimum atomic E-state index is -1.17. The number of fused-ring (bicyclic) bond motifs is 12. The van der Waals surface area contributed by atoms with Gasteiger partial charge < -0.3 is 28.6 Å². The van der Waals surface area contributed by atoms with Crippen molar-refractivity contribution in [1.82, 2.24) is 9.13 Å². The predicted molar refractivity (Wildman–Crippen MR) is 487 cm³/mol. The van der Waals surface area contributed by atoms with E-state index in [1.165, 1.54) is 0 Å². The fraction of sp³-hybridized carbons (Fsp3) is 0.111. The van der Waals surface area contributed by atoms with Crippen molar-refractivity contribution in [2.24, 2.45) is 0 Å². The Morgan fingerprint density at radius 3 is 1.03 bits per heavy atom. The Morgan fingerprint density at radius 2 is 0.617 bits per heavy atom. The number of benzene rings is 16. The topological polar surface area (TPSA) is 28.8 Å². The van der Waals surface area contributed by atoms with E-state index < -0.39 is 12.1 Å². The largest absolute Gasteiger partial charge is 0.453 e. The minimum absolute atomic E-state index is 0.00871. The van der Waals surface area contributed by atoms with Crippen molar-refractivity contribution in [1.29, 1.82) is 0 Å². The zero-order valence-corrected chi connectivity index (χ0v) is 65.8. The summed E-state index contributed by atoms with van der Waals surface area (Å²) in [5.41, 5.74) is 22.0. The average Bonchev–Trinajstić information content (AvgIpc) is 1.10. The van der Waals surface area contributed by atoms with Gasteiger partial charge >= 0.3 is 0 Å². The maximum Gasteiger partial charge on any atom is 0.252 e. The normalized spacial score (nSPS) is 13.8. The van der Waals surface area contributed by atoms with Crippen LogP contribution in [-0.2, 0) is 16.2 Å². The van der Waals surface area contributed by atoms with Gasteiger partial charge in [0, 0.05) is 83.6 Å². The molecule has 552 valence electrons. The Hall–Kier alpha value is -13.6. The first-order valence-corrected chi connectivity index (χ1v) is 39.9. The number of anilines is 9. The van der Waals surface area contributed by atoms with Crippen molar-refractivity contribution >= 4 is 118 Å². The zero-order chi connectivity index (χ0) is 83.0. The Morgan fingerprint density at radius 1 is 0.270 bits per heavy atom. The molecule has 0 unspecified atom stereocenters. The van der Waals surface area contributed by atoms with Crippen LogP contribution < -0.4 is 35.8 Å². The van der Waals surface area contributed by atoms with Gasteiger partial charge in [0.25, 0.3) is 6.71 Å². The molecule has 0 saturated carbocycles. The molecule has 3 aliphatic rings. The molecule has 21 rings (SSSR count). The van der Waals surface area contributed by atoms with Crippen LogP contribution >= 0.6 is 0 Å². The summed E-state index contributed by atoms with van der Waals surface area (Å²) in [6.07, 6.45) is 0. The van der Waals surface area contributed by atoms with Gasteiger partial charge in [-0.15, -0.1) is 0 Å². The van der Waals surface area contributed by atoms with Crippen LogP contribution in [0.5, 0.6) is 11.5 Å². The molecule has 16 aromatic carbocycles. The summed E-state index contributed by atoms with van der Waals surface area (Å²) in [4.78, 5) is 6.80. The summed E-state index contributed by atoms with van der Waals surface area (Å²) in [6, 6.07) is 111. The molecule has 3 aliphatic heterocycles. The maximum absolute atomic E-state index is 12.0. The van der Waals surface area contributed by atoms with E-state index in [-0.39, 0.29) is 58.5 Å². The summed E-state index contributed by atoms with van der Waals surface area (Å²) < 4.78 is 80.4. The molecular weight excluding hydrogens is 1390 g/mol. The van der Waals surface area contributed by atoms with Crippen molar-refractivity contribution in [3.05, 3.63) is 374 Å². The van der Waals surface area contributed by atoms with E-state index in [1.807, 2.05) is 112 Å². The Labute approximate surface area is 682 Å². The fourth-order valence-electron chi connectivity index (χ4n) is 18.0. The lowest BCUT2D eigenvalue weighted by Gasteiger charge is -2.47. The zero-order valence-electron chi connectivity index (χ0n) is 71.8. The summed E-state index contributed by atoms with van der Waals surface area (Å²) in [6.45, 7) is 19.1. The van der Waals surface area contributed by atoms with Gasteiger partial charge in [0.05, 0.1) is 53.0 Å². The molecule has 0 aliphatic carbocycles. The summed E-state index contributed by atoms with van der Waals surface area (Å²) in [5.74, 6) is 1.44. The summed E-state index contributed by atoms with van der Waals surface area (Å²) >= 11 is 0. The number of aromatic nitrogens is 2. The average molecular weight is 1490 g/mol. The van der Waals surface area contributed by atoms with Crippen molar-refractivity contribution in [2.75, 3.05) is 14.7 Å². The highest BCUT2D eigenvalue weighted by Gasteiger charge is 2.47. The molecule has 0 bridgehead atoms. The highest BCUT2D eigenvalue weighted by molar-refractivity contribution is 7.00. The highest BCUT2D eigenvalue weighted by atomic mass is 16.5. The standard InChI is InChI=1S/C108H86BN5O/c1-106(2,3)75-60-83(70-35-17-11-18-36-70)104(84(61-75)71-37-19-12-20-38-71)113-97-67-79(110-91-45-27-25-43-81(91)87-59-74(51-57-93(87)110)69-33-15-10-16-34-69)52-55-89(97)109-90-56-53-80(111-92-46-28-26-44-82(92)88-66-78(54-58-94(88)111)112-95-47-29-31-49-101(95)115-102-50-32-30-48-96(102)112)68-98(90)114(100-65-77(108(7,8)9)64-99(113)103(100)109)105-85(72-39-21-13-22-40-72)62-76(107(4,5)6)63-86(105)73-41-23-14-24-42-73/h10-68H,1-9H3/i52D,53D,55D,56D,67D,68D. The molecule has 0 atom stereocenters. The molecule has 0 saturated heterocycles. The van der Waals surface area contributed by atoms with E-state index >= 15 is 0 Å². The molecule has 0 radical (unpaired) electrons. The highest BCUT2D eigenvalue weighted by Crippen LogP contribution is 2.57. The second-order valence-electron chi connectivity index (χ2n) is 33.9. The SMILES string of the molecule is [2H]c1c([2H])c(-n2c3ccccc3c3cc(-c4ccccc4)ccc32)c([2H])c2c1B1c3c(cc(C(C)(C)C)cc3N(c3c(-c4ccccc4)cc(C(C)(C)C)cc3-c3ccccc3)c3c([2H])c(-n4c5ccccc5c5cc(N6c7ccccc7Oc7ccccc76)ccc54)c([2H])c([2H])c31)N2c1c(-c2ccccc2)cc(C(C)(C)C)cc1-c1ccccc1. The summed E-state index contributed by atoms with van der Waals surface area (Å²) in [5, 5.41) is 3.61. The van der Waals surface area contributed by atoms with Crippen LogP contribution in [0.4, 0.5) is 51.2 Å². The molecule has 0 amide bonds. The van der Waals surface area contributed by atoms with Gasteiger partial charge in [0.15, 0.2) is 11.5 Å². The van der Waals surface area contributed by atoms with Crippen LogP contribution in [0.1, 0.15) is 87.2 Å². The third kappa shape index (κ3) is 11.4. The van der Waals surface area contributed by atoms with Gasteiger partial charge in [-0.05, 0) is 210 Å². The number of para-hydroxylation sites is 6. The molecule has 18 aromatic rings. The van der Waals surface area contributed by atoms with Gasteiger partial charge in [-0.25, -0.2) is 0 Å². The maximum atomic E-state index is 12.0. The second-order valence-corrected chi connectivity index (χ2v) is 33.9. The molecule has 0 N–H and O–H groups in total. The smallest absolute Gasteiger partial charge is 0.252 e. The second kappa shape index (κ2) is 26.5. The minimum Gasteiger partial charge on any atom is -0.453 e. The van der Waals surface area contributed by atoms with Crippen molar-refractivity contribution in [3.63, 3.8) is 0 Å². The van der Waals surface area contributed by atoms with E-state index in [2.05, 4.69) is 295 Å². The van der Waals surface area contributed by atoms with Gasteiger partial charge in [0.1, 0.15) is 0 Å². The first-order valence-electron chi connectivity index (χ1n) is 42.9. The number of hydrogen-bond donors (Lipinski definition) is 0. The number of ether oxygens (including phenoxy) is 1. The van der Waals surface area contributed by atoms with Crippen LogP contribution in [-0.4, -0.2) is 15.8 Å². The molecule has 7 heteroatoms. The van der Waals surface area contributed by atoms with E-state index in [0.717, 1.165) is 156 Å². The molecule has 6 nitrogen and oxygen atoms in total. The molecule has 0 spiro atoms. The predicted octanol–water partition coefficient (Wildman–Crippen LogP) is 27.8. The van der Waals surface area contributed by atoms with Crippen molar-refractivity contribution in [3.8, 4) is 78.5 Å². The monoisotopic (exact) mass is 1490 g/mol. The number of hydrogen-bond acceptors (Lipinski definition) is 4. The van der Waals surface area contributed by atoms with E-state index in [0.29, 0.717) is 39.1 Å². The lowest BCUT2D eigenvalue weighted by molar-refractivity contribution is 0.477. The van der Waals surface area contributed by atoms with Crippen molar-refractivity contribution in [2.45, 2.75) is 78.6 Å². The van der Waals surface area contributed by atoms with Gasteiger partial charge in [-0.2, -0.15) is 0 Å². The molecule has 5 heterocycles.